The lowest BCUT2D eigenvalue weighted by atomic mass is 10.1. The maximum atomic E-state index is 12.9. The molecule has 8 nitrogen and oxygen atoms in total. The summed E-state index contributed by atoms with van der Waals surface area (Å²) >= 11 is 0. The highest BCUT2D eigenvalue weighted by atomic mass is 32.2. The Balaban J connectivity index is 1.61. The van der Waals surface area contributed by atoms with Gasteiger partial charge in [0.25, 0.3) is 15.9 Å². The second-order valence-corrected chi connectivity index (χ2v) is 8.98. The van der Waals surface area contributed by atoms with E-state index in [2.05, 4.69) is 10.0 Å². The van der Waals surface area contributed by atoms with Gasteiger partial charge in [-0.05, 0) is 62.2 Å². The molecule has 0 aromatic heterocycles. The van der Waals surface area contributed by atoms with E-state index >= 15 is 0 Å². The normalized spacial score (nSPS) is 20.4. The van der Waals surface area contributed by atoms with Crippen LogP contribution in [0, 0.1) is 0 Å². The summed E-state index contributed by atoms with van der Waals surface area (Å²) in [5.41, 5.74) is 2.27. The quantitative estimate of drug-likeness (QED) is 0.801. The van der Waals surface area contributed by atoms with Gasteiger partial charge in [0.15, 0.2) is 6.10 Å². The van der Waals surface area contributed by atoms with Gasteiger partial charge < -0.3 is 15.0 Å². The monoisotopic (exact) mass is 415 g/mol. The smallest absolute Gasteiger partial charge is 0.265 e. The summed E-state index contributed by atoms with van der Waals surface area (Å²) < 4.78 is 33.8. The fraction of sp³-hybridized carbons (Fsp3) is 0.300. The minimum absolute atomic E-state index is 0.0138. The maximum Gasteiger partial charge on any atom is 0.265 e. The molecule has 0 radical (unpaired) electrons. The number of benzene rings is 2. The van der Waals surface area contributed by atoms with Crippen molar-refractivity contribution in [2.75, 3.05) is 14.9 Å². The van der Waals surface area contributed by atoms with Gasteiger partial charge in [-0.3, -0.25) is 14.3 Å². The molecule has 29 heavy (non-hydrogen) atoms. The summed E-state index contributed by atoms with van der Waals surface area (Å²) in [6.45, 7) is 5.06. The second-order valence-electron chi connectivity index (χ2n) is 7.30. The van der Waals surface area contributed by atoms with Crippen molar-refractivity contribution in [3.63, 3.8) is 0 Å². The fourth-order valence-corrected chi connectivity index (χ4v) is 4.84. The van der Waals surface area contributed by atoms with Crippen LogP contribution in [0.15, 0.2) is 41.3 Å². The number of nitrogens with zero attached hydrogens (tertiary/aromatic N) is 1. The van der Waals surface area contributed by atoms with Gasteiger partial charge in [0, 0.05) is 18.7 Å². The standard InChI is InChI=1S/C20H21N3O5S/c1-11-8-14-9-16(5-6-18(14)23(11)13(3)24)29(26,27)22-15-4-7-19-17(10-15)21-20(25)12(2)28-19/h4-7,9-12,22H,8H2,1-3H3,(H,21,25)/t11-,12-/m1/s1. The minimum Gasteiger partial charge on any atom is -0.479 e. The molecule has 0 saturated carbocycles. The van der Waals surface area contributed by atoms with Gasteiger partial charge in [-0.2, -0.15) is 0 Å². The average Bonchev–Trinajstić information content (AvgIpc) is 2.97. The van der Waals surface area contributed by atoms with Crippen LogP contribution in [-0.2, 0) is 26.0 Å². The number of carbonyl (C=O) groups excluding carboxylic acids is 2. The zero-order valence-electron chi connectivity index (χ0n) is 16.2. The van der Waals surface area contributed by atoms with Crippen LogP contribution < -0.4 is 19.7 Å². The van der Waals surface area contributed by atoms with Crippen molar-refractivity contribution >= 4 is 38.9 Å². The lowest BCUT2D eigenvalue weighted by Crippen LogP contribution is -2.34. The van der Waals surface area contributed by atoms with Crippen LogP contribution in [0.5, 0.6) is 5.75 Å². The highest BCUT2D eigenvalue weighted by Crippen LogP contribution is 2.35. The average molecular weight is 415 g/mol. The van der Waals surface area contributed by atoms with Crippen molar-refractivity contribution in [1.29, 1.82) is 0 Å². The van der Waals surface area contributed by atoms with Crippen molar-refractivity contribution in [1.82, 2.24) is 0 Å². The summed E-state index contributed by atoms with van der Waals surface area (Å²) in [4.78, 5) is 25.4. The van der Waals surface area contributed by atoms with E-state index in [-0.39, 0.29) is 22.8 Å². The van der Waals surface area contributed by atoms with E-state index in [1.54, 1.807) is 36.1 Å². The Kier molecular flexibility index (Phi) is 4.49. The van der Waals surface area contributed by atoms with Gasteiger partial charge >= 0.3 is 0 Å². The molecule has 0 spiro atoms. The van der Waals surface area contributed by atoms with Gasteiger partial charge in [-0.15, -0.1) is 0 Å². The third-order valence-corrected chi connectivity index (χ3v) is 6.46. The van der Waals surface area contributed by atoms with Crippen molar-refractivity contribution < 1.29 is 22.7 Å². The first kappa shape index (κ1) is 19.3. The molecule has 0 aliphatic carbocycles. The Labute approximate surface area is 168 Å². The number of ether oxygens (including phenoxy) is 1. The molecule has 4 rings (SSSR count). The lowest BCUT2D eigenvalue weighted by Gasteiger charge is -2.23. The molecule has 2 amide bonds. The van der Waals surface area contributed by atoms with Gasteiger partial charge in [0.2, 0.25) is 5.91 Å². The van der Waals surface area contributed by atoms with E-state index in [0.29, 0.717) is 23.5 Å². The van der Waals surface area contributed by atoms with Crippen LogP contribution in [0.3, 0.4) is 0 Å². The molecule has 0 fully saturated rings. The Morgan fingerprint density at radius 1 is 1.21 bits per heavy atom. The molecule has 2 aromatic rings. The Bertz CT molecular complexity index is 1130. The van der Waals surface area contributed by atoms with E-state index in [1.165, 1.54) is 19.1 Å². The number of nitrogens with one attached hydrogen (secondary N) is 2. The van der Waals surface area contributed by atoms with Crippen LogP contribution in [-0.4, -0.2) is 32.4 Å². The number of rotatable bonds is 3. The summed E-state index contributed by atoms with van der Waals surface area (Å²) in [6.07, 6.45) is -0.00741. The molecule has 2 aliphatic rings. The number of amides is 2. The molecule has 0 bridgehead atoms. The fourth-order valence-electron chi connectivity index (χ4n) is 3.74. The number of hydrogen-bond acceptors (Lipinski definition) is 5. The van der Waals surface area contributed by atoms with E-state index in [1.807, 2.05) is 6.92 Å². The minimum atomic E-state index is -3.85. The summed E-state index contributed by atoms with van der Waals surface area (Å²) in [6, 6.07) is 9.44. The highest BCUT2D eigenvalue weighted by molar-refractivity contribution is 7.92. The third kappa shape index (κ3) is 3.42. The zero-order chi connectivity index (χ0) is 20.9. The van der Waals surface area contributed by atoms with E-state index in [0.717, 1.165) is 11.3 Å². The number of sulfonamides is 1. The number of hydrogen-bond donors (Lipinski definition) is 2. The Morgan fingerprint density at radius 3 is 2.69 bits per heavy atom. The van der Waals surface area contributed by atoms with Crippen molar-refractivity contribution in [3.05, 3.63) is 42.0 Å². The Morgan fingerprint density at radius 2 is 1.97 bits per heavy atom. The molecule has 2 atom stereocenters. The maximum absolute atomic E-state index is 12.9. The van der Waals surface area contributed by atoms with Crippen LogP contribution in [0.1, 0.15) is 26.3 Å². The second kappa shape index (κ2) is 6.77. The predicted molar refractivity (Wildman–Crippen MR) is 109 cm³/mol. The summed E-state index contributed by atoms with van der Waals surface area (Å²) in [7, 11) is -3.85. The summed E-state index contributed by atoms with van der Waals surface area (Å²) in [5.74, 6) is 0.119. The molecule has 0 saturated heterocycles. The number of anilines is 3. The molecule has 2 aliphatic heterocycles. The SMILES string of the molecule is CC(=O)N1c2ccc(S(=O)(=O)Nc3ccc4c(c3)NC(=O)[C@@H](C)O4)cc2C[C@H]1C. The van der Waals surface area contributed by atoms with Crippen LogP contribution in [0.2, 0.25) is 0 Å². The molecule has 2 aromatic carbocycles. The van der Waals surface area contributed by atoms with E-state index in [4.69, 9.17) is 4.74 Å². The molecule has 0 unspecified atom stereocenters. The molecule has 2 N–H and O–H groups in total. The lowest BCUT2D eigenvalue weighted by molar-refractivity contribution is -0.122. The number of fused-ring (bicyclic) bond motifs is 2. The van der Waals surface area contributed by atoms with E-state index < -0.39 is 16.1 Å². The first-order valence-electron chi connectivity index (χ1n) is 9.23. The van der Waals surface area contributed by atoms with Crippen LogP contribution in [0.25, 0.3) is 0 Å². The van der Waals surface area contributed by atoms with E-state index in [9.17, 15) is 18.0 Å². The topological polar surface area (TPSA) is 105 Å². The first-order valence-corrected chi connectivity index (χ1v) is 10.7. The highest BCUT2D eigenvalue weighted by Gasteiger charge is 2.30. The molecular weight excluding hydrogens is 394 g/mol. The third-order valence-electron chi connectivity index (χ3n) is 5.08. The molecule has 9 heteroatoms. The molecule has 152 valence electrons. The predicted octanol–water partition coefficient (Wildman–Crippen LogP) is 2.50. The molecule has 2 heterocycles. The van der Waals surface area contributed by atoms with Crippen molar-refractivity contribution in [3.8, 4) is 5.75 Å². The van der Waals surface area contributed by atoms with Gasteiger partial charge in [0.05, 0.1) is 16.3 Å². The van der Waals surface area contributed by atoms with Crippen LogP contribution >= 0.6 is 0 Å². The van der Waals surface area contributed by atoms with Gasteiger partial charge in [0.1, 0.15) is 5.75 Å². The van der Waals surface area contributed by atoms with Gasteiger partial charge in [-0.1, -0.05) is 0 Å². The zero-order valence-corrected chi connectivity index (χ0v) is 17.0. The van der Waals surface area contributed by atoms with Crippen molar-refractivity contribution in [2.24, 2.45) is 0 Å². The van der Waals surface area contributed by atoms with Crippen molar-refractivity contribution in [2.45, 2.75) is 44.2 Å². The summed E-state index contributed by atoms with van der Waals surface area (Å²) in [5, 5.41) is 2.69. The number of carbonyl (C=O) groups is 2. The Hall–Kier alpha value is -3.07. The first-order chi connectivity index (χ1) is 13.7. The largest absolute Gasteiger partial charge is 0.479 e. The van der Waals surface area contributed by atoms with Crippen LogP contribution in [0.4, 0.5) is 17.1 Å². The molecular formula is C20H21N3O5S. The van der Waals surface area contributed by atoms with Gasteiger partial charge in [-0.25, -0.2) is 8.42 Å².